The van der Waals surface area contributed by atoms with Gasteiger partial charge >= 0.3 is 12.0 Å². The predicted octanol–water partition coefficient (Wildman–Crippen LogP) is 3.34. The summed E-state index contributed by atoms with van der Waals surface area (Å²) in [5, 5.41) is 15.2. The van der Waals surface area contributed by atoms with Crippen LogP contribution in [0, 0.1) is 11.8 Å². The van der Waals surface area contributed by atoms with E-state index in [1.165, 1.54) is 5.56 Å². The van der Waals surface area contributed by atoms with Gasteiger partial charge in [-0.1, -0.05) is 30.3 Å². The minimum atomic E-state index is -0.710. The van der Waals surface area contributed by atoms with Crippen molar-refractivity contribution >= 4 is 12.0 Å². The first-order valence-corrected chi connectivity index (χ1v) is 9.44. The van der Waals surface area contributed by atoms with Crippen LogP contribution in [0.25, 0.3) is 0 Å². The van der Waals surface area contributed by atoms with E-state index in [9.17, 15) is 9.59 Å². The van der Waals surface area contributed by atoms with Crippen molar-refractivity contribution in [1.82, 2.24) is 10.6 Å². The van der Waals surface area contributed by atoms with Crippen molar-refractivity contribution in [2.75, 3.05) is 0 Å². The zero-order valence-corrected chi connectivity index (χ0v) is 14.6. The third-order valence-corrected chi connectivity index (χ3v) is 5.66. The molecule has 0 aliphatic heterocycles. The van der Waals surface area contributed by atoms with Gasteiger partial charge in [0.05, 0.1) is 5.92 Å². The zero-order valence-electron chi connectivity index (χ0n) is 14.6. The standard InChI is InChI=1S/C20H28N2O3/c23-19(24)16-7-10-17(11-8-16)21-20(25)22-18-9-6-15(13-18)12-14-4-2-1-3-5-14/h1-5,15-18H,6-13H2,(H,23,24)(H2,21,22,25). The van der Waals surface area contributed by atoms with Crippen LogP contribution in [0.3, 0.4) is 0 Å². The number of aliphatic carboxylic acids is 1. The molecule has 2 atom stereocenters. The molecule has 0 radical (unpaired) electrons. The average Bonchev–Trinajstić information content (AvgIpc) is 3.03. The Bertz CT molecular complexity index is 582. The quantitative estimate of drug-likeness (QED) is 0.766. The third-order valence-electron chi connectivity index (χ3n) is 5.66. The lowest BCUT2D eigenvalue weighted by molar-refractivity contribution is -0.142. The maximum atomic E-state index is 12.2. The molecule has 2 aliphatic carbocycles. The van der Waals surface area contributed by atoms with Crippen molar-refractivity contribution in [2.45, 2.75) is 63.5 Å². The first kappa shape index (κ1) is 17.8. The first-order chi connectivity index (χ1) is 12.1. The highest BCUT2D eigenvalue weighted by molar-refractivity contribution is 5.74. The van der Waals surface area contributed by atoms with Gasteiger partial charge in [-0.05, 0) is 62.8 Å². The normalized spacial score (nSPS) is 29.1. The third kappa shape index (κ3) is 5.21. The number of carbonyl (C=O) groups is 2. The molecule has 2 amide bonds. The van der Waals surface area contributed by atoms with Gasteiger partial charge in [0, 0.05) is 12.1 Å². The number of hydrogen-bond donors (Lipinski definition) is 3. The molecule has 136 valence electrons. The summed E-state index contributed by atoms with van der Waals surface area (Å²) in [6, 6.07) is 10.8. The molecule has 2 unspecified atom stereocenters. The Kier molecular flexibility index (Phi) is 5.95. The van der Waals surface area contributed by atoms with E-state index in [4.69, 9.17) is 5.11 Å². The molecule has 2 saturated carbocycles. The van der Waals surface area contributed by atoms with E-state index >= 15 is 0 Å². The van der Waals surface area contributed by atoms with Crippen molar-refractivity contribution in [3.8, 4) is 0 Å². The SMILES string of the molecule is O=C(NC1CCC(C(=O)O)CC1)NC1CCC(Cc2ccccc2)C1. The molecule has 0 heterocycles. The van der Waals surface area contributed by atoms with Gasteiger partial charge in [-0.3, -0.25) is 4.79 Å². The van der Waals surface area contributed by atoms with E-state index in [0.717, 1.165) is 38.5 Å². The molecular formula is C20H28N2O3. The van der Waals surface area contributed by atoms with Gasteiger partial charge in [0.25, 0.3) is 0 Å². The van der Waals surface area contributed by atoms with Crippen LogP contribution in [0.15, 0.2) is 30.3 Å². The Balaban J connectivity index is 1.37. The maximum Gasteiger partial charge on any atom is 0.315 e. The van der Waals surface area contributed by atoms with E-state index in [2.05, 4.69) is 34.9 Å². The van der Waals surface area contributed by atoms with E-state index in [1.54, 1.807) is 0 Å². The Morgan fingerprint density at radius 1 is 0.920 bits per heavy atom. The summed E-state index contributed by atoms with van der Waals surface area (Å²) in [6.07, 6.45) is 7.14. The number of nitrogens with one attached hydrogen (secondary N) is 2. The lowest BCUT2D eigenvalue weighted by atomic mass is 9.86. The summed E-state index contributed by atoms with van der Waals surface area (Å²) in [4.78, 5) is 23.2. The maximum absolute atomic E-state index is 12.2. The van der Waals surface area contributed by atoms with Gasteiger partial charge < -0.3 is 15.7 Å². The minimum absolute atomic E-state index is 0.0934. The van der Waals surface area contributed by atoms with Gasteiger partial charge in [0.1, 0.15) is 0 Å². The van der Waals surface area contributed by atoms with Crippen molar-refractivity contribution in [3.63, 3.8) is 0 Å². The Labute approximate surface area is 149 Å². The lowest BCUT2D eigenvalue weighted by Gasteiger charge is -2.27. The predicted molar refractivity (Wildman–Crippen MR) is 96.3 cm³/mol. The van der Waals surface area contributed by atoms with Gasteiger partial charge in [-0.2, -0.15) is 0 Å². The lowest BCUT2D eigenvalue weighted by Crippen LogP contribution is -2.47. The summed E-state index contributed by atoms with van der Waals surface area (Å²) < 4.78 is 0. The van der Waals surface area contributed by atoms with Crippen LogP contribution in [0.4, 0.5) is 4.79 Å². The topological polar surface area (TPSA) is 78.4 Å². The summed E-state index contributed by atoms with van der Waals surface area (Å²) in [5.41, 5.74) is 1.37. The number of carbonyl (C=O) groups excluding carboxylic acids is 1. The molecule has 5 heteroatoms. The fourth-order valence-electron chi connectivity index (χ4n) is 4.24. The van der Waals surface area contributed by atoms with Gasteiger partial charge in [0.2, 0.25) is 0 Å². The number of urea groups is 1. The Hall–Kier alpha value is -2.04. The number of benzene rings is 1. The molecule has 0 saturated heterocycles. The monoisotopic (exact) mass is 344 g/mol. The van der Waals surface area contributed by atoms with Gasteiger partial charge in [-0.15, -0.1) is 0 Å². The number of hydrogen-bond acceptors (Lipinski definition) is 2. The molecule has 3 N–H and O–H groups in total. The summed E-state index contributed by atoms with van der Waals surface area (Å²) >= 11 is 0. The smallest absolute Gasteiger partial charge is 0.315 e. The highest BCUT2D eigenvalue weighted by atomic mass is 16.4. The fourth-order valence-corrected chi connectivity index (χ4v) is 4.24. The molecule has 25 heavy (non-hydrogen) atoms. The van der Waals surface area contributed by atoms with Crippen molar-refractivity contribution in [3.05, 3.63) is 35.9 Å². The van der Waals surface area contributed by atoms with Crippen LogP contribution in [-0.2, 0) is 11.2 Å². The molecule has 0 spiro atoms. The molecular weight excluding hydrogens is 316 g/mol. The second-order valence-electron chi connectivity index (χ2n) is 7.57. The summed E-state index contributed by atoms with van der Waals surface area (Å²) in [7, 11) is 0. The molecule has 0 aromatic heterocycles. The van der Waals surface area contributed by atoms with Crippen molar-refractivity contribution in [2.24, 2.45) is 11.8 Å². The van der Waals surface area contributed by atoms with Crippen LogP contribution >= 0.6 is 0 Å². The van der Waals surface area contributed by atoms with Crippen LogP contribution in [0.2, 0.25) is 0 Å². The average molecular weight is 344 g/mol. The van der Waals surface area contributed by atoms with Crippen LogP contribution in [0.5, 0.6) is 0 Å². The number of carboxylic acids is 1. The zero-order chi connectivity index (χ0) is 17.6. The molecule has 2 fully saturated rings. The molecule has 3 rings (SSSR count). The van der Waals surface area contributed by atoms with Gasteiger partial charge in [-0.25, -0.2) is 4.79 Å². The number of carboxylic acid groups (broad SMARTS) is 1. The van der Waals surface area contributed by atoms with Crippen molar-refractivity contribution in [1.29, 1.82) is 0 Å². The van der Waals surface area contributed by atoms with Crippen molar-refractivity contribution < 1.29 is 14.7 Å². The Morgan fingerprint density at radius 2 is 1.56 bits per heavy atom. The molecule has 1 aromatic carbocycles. The van der Waals surface area contributed by atoms with E-state index < -0.39 is 5.97 Å². The van der Waals surface area contributed by atoms with Crippen LogP contribution in [-0.4, -0.2) is 29.2 Å². The summed E-state index contributed by atoms with van der Waals surface area (Å²) in [6.45, 7) is 0. The highest BCUT2D eigenvalue weighted by Crippen LogP contribution is 2.29. The minimum Gasteiger partial charge on any atom is -0.481 e. The Morgan fingerprint density at radius 3 is 2.24 bits per heavy atom. The first-order valence-electron chi connectivity index (χ1n) is 9.44. The van der Waals surface area contributed by atoms with E-state index in [0.29, 0.717) is 18.8 Å². The highest BCUT2D eigenvalue weighted by Gasteiger charge is 2.29. The summed E-state index contributed by atoms with van der Waals surface area (Å²) in [5.74, 6) is -0.313. The second-order valence-corrected chi connectivity index (χ2v) is 7.57. The van der Waals surface area contributed by atoms with E-state index in [-0.39, 0.29) is 24.0 Å². The van der Waals surface area contributed by atoms with Crippen LogP contribution < -0.4 is 10.6 Å². The van der Waals surface area contributed by atoms with Gasteiger partial charge in [0.15, 0.2) is 0 Å². The van der Waals surface area contributed by atoms with E-state index in [1.807, 2.05) is 6.07 Å². The largest absolute Gasteiger partial charge is 0.481 e. The molecule has 5 nitrogen and oxygen atoms in total. The molecule has 1 aromatic rings. The fraction of sp³-hybridized carbons (Fsp3) is 0.600. The molecule has 2 aliphatic rings. The second kappa shape index (κ2) is 8.37. The van der Waals surface area contributed by atoms with Crippen LogP contribution in [0.1, 0.15) is 50.5 Å². The number of rotatable bonds is 5. The number of amides is 2. The molecule has 0 bridgehead atoms.